The van der Waals surface area contributed by atoms with Gasteiger partial charge in [0.15, 0.2) is 9.84 Å². The molecule has 0 saturated carbocycles. The quantitative estimate of drug-likeness (QED) is 0.676. The molecule has 1 unspecified atom stereocenters. The van der Waals surface area contributed by atoms with Gasteiger partial charge < -0.3 is 5.32 Å². The van der Waals surface area contributed by atoms with Crippen LogP contribution in [0, 0.1) is 0 Å². The Kier molecular flexibility index (Phi) is 7.56. The van der Waals surface area contributed by atoms with Crippen LogP contribution in [0.2, 0.25) is 0 Å². The molecule has 0 fully saturated rings. The molecule has 1 amide bonds. The van der Waals surface area contributed by atoms with Crippen LogP contribution >= 0.6 is 11.3 Å². The summed E-state index contributed by atoms with van der Waals surface area (Å²) in [6.07, 6.45) is 1.77. The first kappa shape index (κ1) is 21.6. The molecule has 0 spiro atoms. The zero-order valence-electron chi connectivity index (χ0n) is 16.4. The van der Waals surface area contributed by atoms with Crippen LogP contribution in [0.15, 0.2) is 29.6 Å². The Labute approximate surface area is 166 Å². The summed E-state index contributed by atoms with van der Waals surface area (Å²) in [5.74, 6) is -0.710. The molecule has 2 rings (SSSR count). The standard InChI is InChI=1S/C20H28N2O3S2/c1-5-6-15(4)21-19(23)13-27(24,25)12-18-11-26-20(22-18)17-9-7-16(8-10-17)14(2)3/h7-11,14-15H,5-6,12-13H2,1-4H3,(H,21,23). The number of hydrogen-bond acceptors (Lipinski definition) is 5. The van der Waals surface area contributed by atoms with Gasteiger partial charge in [-0.1, -0.05) is 51.5 Å². The molecule has 1 heterocycles. The van der Waals surface area contributed by atoms with Gasteiger partial charge >= 0.3 is 0 Å². The smallest absolute Gasteiger partial charge is 0.235 e. The Morgan fingerprint density at radius 1 is 1.19 bits per heavy atom. The van der Waals surface area contributed by atoms with Gasteiger partial charge in [-0.2, -0.15) is 0 Å². The van der Waals surface area contributed by atoms with E-state index in [4.69, 9.17) is 0 Å². The first-order valence-corrected chi connectivity index (χ1v) is 11.9. The van der Waals surface area contributed by atoms with E-state index in [2.05, 4.69) is 36.3 Å². The Morgan fingerprint density at radius 3 is 2.44 bits per heavy atom. The summed E-state index contributed by atoms with van der Waals surface area (Å²) < 4.78 is 24.6. The molecule has 2 aromatic rings. The maximum absolute atomic E-state index is 12.3. The van der Waals surface area contributed by atoms with E-state index < -0.39 is 21.5 Å². The van der Waals surface area contributed by atoms with Crippen LogP contribution in [0.4, 0.5) is 0 Å². The normalized spacial score (nSPS) is 12.9. The second kappa shape index (κ2) is 9.46. The number of hydrogen-bond donors (Lipinski definition) is 1. The first-order valence-electron chi connectivity index (χ1n) is 9.24. The minimum Gasteiger partial charge on any atom is -0.353 e. The Bertz CT molecular complexity index is 856. The van der Waals surface area contributed by atoms with E-state index in [9.17, 15) is 13.2 Å². The van der Waals surface area contributed by atoms with Gasteiger partial charge in [-0.05, 0) is 24.8 Å². The van der Waals surface area contributed by atoms with Crippen molar-refractivity contribution in [3.8, 4) is 10.6 Å². The fraction of sp³-hybridized carbons (Fsp3) is 0.500. The Balaban J connectivity index is 2.00. The molecule has 27 heavy (non-hydrogen) atoms. The fourth-order valence-electron chi connectivity index (χ4n) is 2.81. The van der Waals surface area contributed by atoms with Crippen molar-refractivity contribution in [3.05, 3.63) is 40.9 Å². The lowest BCUT2D eigenvalue weighted by Gasteiger charge is -2.12. The van der Waals surface area contributed by atoms with Gasteiger partial charge in [0.05, 0.1) is 11.4 Å². The Hall–Kier alpha value is -1.73. The molecule has 0 aliphatic carbocycles. The van der Waals surface area contributed by atoms with Gasteiger partial charge in [0.1, 0.15) is 10.8 Å². The van der Waals surface area contributed by atoms with Crippen molar-refractivity contribution in [2.75, 3.05) is 5.75 Å². The average molecular weight is 409 g/mol. The third-order valence-corrected chi connectivity index (χ3v) is 6.60. The van der Waals surface area contributed by atoms with Crippen molar-refractivity contribution in [3.63, 3.8) is 0 Å². The molecule has 5 nitrogen and oxygen atoms in total. The molecule has 1 aromatic carbocycles. The molecule has 0 bridgehead atoms. The van der Waals surface area contributed by atoms with Gasteiger partial charge in [0.25, 0.3) is 0 Å². The second-order valence-electron chi connectivity index (χ2n) is 7.21. The van der Waals surface area contributed by atoms with E-state index in [0.29, 0.717) is 11.6 Å². The number of carbonyl (C=O) groups is 1. The number of amides is 1. The highest BCUT2D eigenvalue weighted by molar-refractivity contribution is 7.91. The predicted octanol–water partition coefficient (Wildman–Crippen LogP) is 4.15. The predicted molar refractivity (Wildman–Crippen MR) is 112 cm³/mol. The maximum Gasteiger partial charge on any atom is 0.235 e. The fourth-order valence-corrected chi connectivity index (χ4v) is 4.93. The molecular weight excluding hydrogens is 380 g/mol. The SMILES string of the molecule is CCCC(C)NC(=O)CS(=O)(=O)Cc1csc(-c2ccc(C(C)C)cc2)n1. The first-order chi connectivity index (χ1) is 12.7. The Morgan fingerprint density at radius 2 is 1.85 bits per heavy atom. The van der Waals surface area contributed by atoms with Crippen molar-refractivity contribution < 1.29 is 13.2 Å². The summed E-state index contributed by atoms with van der Waals surface area (Å²) in [6.45, 7) is 8.18. The van der Waals surface area contributed by atoms with E-state index in [0.717, 1.165) is 23.4 Å². The van der Waals surface area contributed by atoms with Crippen molar-refractivity contribution in [1.29, 1.82) is 0 Å². The zero-order valence-corrected chi connectivity index (χ0v) is 18.0. The third-order valence-electron chi connectivity index (χ3n) is 4.22. The van der Waals surface area contributed by atoms with E-state index in [1.165, 1.54) is 16.9 Å². The summed E-state index contributed by atoms with van der Waals surface area (Å²) in [5.41, 5.74) is 2.71. The summed E-state index contributed by atoms with van der Waals surface area (Å²) in [7, 11) is -3.55. The lowest BCUT2D eigenvalue weighted by molar-refractivity contribution is -0.119. The molecule has 1 atom stereocenters. The average Bonchev–Trinajstić information content (AvgIpc) is 3.01. The monoisotopic (exact) mass is 408 g/mol. The van der Waals surface area contributed by atoms with Crippen LogP contribution in [0.3, 0.4) is 0 Å². The van der Waals surface area contributed by atoms with Gasteiger partial charge in [0.2, 0.25) is 5.91 Å². The number of nitrogens with zero attached hydrogens (tertiary/aromatic N) is 1. The van der Waals surface area contributed by atoms with Crippen molar-refractivity contribution >= 4 is 27.1 Å². The maximum atomic E-state index is 12.3. The number of benzene rings is 1. The van der Waals surface area contributed by atoms with Gasteiger partial charge in [0, 0.05) is 17.0 Å². The molecular formula is C20H28N2O3S2. The van der Waals surface area contributed by atoms with Crippen LogP contribution in [-0.2, 0) is 20.4 Å². The van der Waals surface area contributed by atoms with Crippen molar-refractivity contribution in [2.45, 2.75) is 58.2 Å². The summed E-state index contributed by atoms with van der Waals surface area (Å²) >= 11 is 1.42. The molecule has 1 N–H and O–H groups in total. The summed E-state index contributed by atoms with van der Waals surface area (Å²) in [5, 5.41) is 5.27. The zero-order chi connectivity index (χ0) is 20.0. The summed E-state index contributed by atoms with van der Waals surface area (Å²) in [4.78, 5) is 16.4. The number of rotatable bonds is 9. The molecule has 0 aliphatic rings. The van der Waals surface area contributed by atoms with Crippen molar-refractivity contribution in [2.24, 2.45) is 0 Å². The molecule has 0 radical (unpaired) electrons. The second-order valence-corrected chi connectivity index (χ2v) is 10.1. The molecule has 148 valence electrons. The molecule has 1 aromatic heterocycles. The highest BCUT2D eigenvalue weighted by atomic mass is 32.2. The van der Waals surface area contributed by atoms with Crippen LogP contribution in [0.5, 0.6) is 0 Å². The van der Waals surface area contributed by atoms with Crippen LogP contribution in [-0.4, -0.2) is 31.1 Å². The van der Waals surface area contributed by atoms with Crippen LogP contribution in [0.1, 0.15) is 57.7 Å². The minimum absolute atomic E-state index is 0.0163. The number of thiazole rings is 1. The van der Waals surface area contributed by atoms with Gasteiger partial charge in [-0.15, -0.1) is 11.3 Å². The number of nitrogens with one attached hydrogen (secondary N) is 1. The van der Waals surface area contributed by atoms with Crippen molar-refractivity contribution in [1.82, 2.24) is 10.3 Å². The van der Waals surface area contributed by atoms with Gasteiger partial charge in [-0.3, -0.25) is 4.79 Å². The molecule has 0 aliphatic heterocycles. The minimum atomic E-state index is -3.55. The van der Waals surface area contributed by atoms with Gasteiger partial charge in [-0.25, -0.2) is 13.4 Å². The number of aromatic nitrogens is 1. The highest BCUT2D eigenvalue weighted by Crippen LogP contribution is 2.26. The highest BCUT2D eigenvalue weighted by Gasteiger charge is 2.20. The number of carbonyl (C=O) groups excluding carboxylic acids is 1. The van der Waals surface area contributed by atoms with Crippen LogP contribution in [0.25, 0.3) is 10.6 Å². The van der Waals surface area contributed by atoms with E-state index in [1.54, 1.807) is 5.38 Å². The lowest BCUT2D eigenvalue weighted by Crippen LogP contribution is -2.37. The summed E-state index contributed by atoms with van der Waals surface area (Å²) in [6, 6.07) is 8.14. The van der Waals surface area contributed by atoms with E-state index >= 15 is 0 Å². The molecule has 0 saturated heterocycles. The number of sulfone groups is 1. The largest absolute Gasteiger partial charge is 0.353 e. The van der Waals surface area contributed by atoms with E-state index in [-0.39, 0.29) is 11.8 Å². The third kappa shape index (κ3) is 6.74. The lowest BCUT2D eigenvalue weighted by atomic mass is 10.0. The van der Waals surface area contributed by atoms with E-state index in [1.807, 2.05) is 26.0 Å². The molecule has 7 heteroatoms. The topological polar surface area (TPSA) is 76.1 Å². The van der Waals surface area contributed by atoms with Crippen LogP contribution < -0.4 is 5.32 Å².